The maximum Gasteiger partial charge on any atom is 0.410 e. The summed E-state index contributed by atoms with van der Waals surface area (Å²) in [6, 6.07) is -0.266. The van der Waals surface area contributed by atoms with E-state index < -0.39 is 6.09 Å². The van der Waals surface area contributed by atoms with Gasteiger partial charge in [0, 0.05) is 12.6 Å². The standard InChI is InChI=1S/C10H18N2O3/c1-7(2)11-9(13)8-5-4-6-12(8)10(14)15-3/h7-8H,4-6H2,1-3H3,(H,11,13). The number of carbonyl (C=O) groups excluding carboxylic acids is 2. The number of ether oxygens (including phenoxy) is 1. The van der Waals surface area contributed by atoms with Gasteiger partial charge < -0.3 is 10.1 Å². The Kier molecular flexibility index (Phi) is 3.94. The van der Waals surface area contributed by atoms with E-state index >= 15 is 0 Å². The molecule has 0 aromatic heterocycles. The van der Waals surface area contributed by atoms with Gasteiger partial charge in [0.15, 0.2) is 0 Å². The van der Waals surface area contributed by atoms with Crippen LogP contribution in [0.2, 0.25) is 0 Å². The van der Waals surface area contributed by atoms with Crippen molar-refractivity contribution in [3.05, 3.63) is 0 Å². The van der Waals surface area contributed by atoms with Gasteiger partial charge in [-0.2, -0.15) is 0 Å². The average Bonchev–Trinajstić information content (AvgIpc) is 2.63. The summed E-state index contributed by atoms with van der Waals surface area (Å²) in [7, 11) is 1.33. The van der Waals surface area contributed by atoms with E-state index in [2.05, 4.69) is 10.1 Å². The van der Waals surface area contributed by atoms with Crippen LogP contribution in [0.25, 0.3) is 0 Å². The number of rotatable bonds is 2. The molecular formula is C10H18N2O3. The zero-order valence-electron chi connectivity index (χ0n) is 9.45. The zero-order valence-corrected chi connectivity index (χ0v) is 9.45. The molecule has 0 spiro atoms. The molecule has 1 unspecified atom stereocenters. The van der Waals surface area contributed by atoms with Crippen molar-refractivity contribution in [3.8, 4) is 0 Å². The SMILES string of the molecule is COC(=O)N1CCCC1C(=O)NC(C)C. The molecule has 2 amide bonds. The monoisotopic (exact) mass is 214 g/mol. The molecule has 0 aromatic rings. The fraction of sp³-hybridized carbons (Fsp3) is 0.800. The highest BCUT2D eigenvalue weighted by atomic mass is 16.5. The van der Waals surface area contributed by atoms with Crippen LogP contribution in [0.1, 0.15) is 26.7 Å². The summed E-state index contributed by atoms with van der Waals surface area (Å²) in [5.74, 6) is -0.0899. The Morgan fingerprint density at radius 3 is 2.67 bits per heavy atom. The van der Waals surface area contributed by atoms with Gasteiger partial charge in [-0.15, -0.1) is 0 Å². The van der Waals surface area contributed by atoms with Crippen LogP contribution in [0.15, 0.2) is 0 Å². The molecule has 86 valence electrons. The van der Waals surface area contributed by atoms with Gasteiger partial charge >= 0.3 is 6.09 Å². The summed E-state index contributed by atoms with van der Waals surface area (Å²) in [5, 5.41) is 2.81. The lowest BCUT2D eigenvalue weighted by atomic mass is 10.2. The maximum absolute atomic E-state index is 11.7. The molecule has 1 atom stereocenters. The molecule has 0 bridgehead atoms. The van der Waals surface area contributed by atoms with Crippen LogP contribution in [0, 0.1) is 0 Å². The van der Waals surface area contributed by atoms with Crippen LogP contribution >= 0.6 is 0 Å². The van der Waals surface area contributed by atoms with Crippen LogP contribution in [-0.4, -0.2) is 42.6 Å². The first kappa shape index (κ1) is 11.8. The quantitative estimate of drug-likeness (QED) is 0.737. The Bertz CT molecular complexity index is 253. The smallest absolute Gasteiger partial charge is 0.410 e. The van der Waals surface area contributed by atoms with E-state index in [1.54, 1.807) is 0 Å². The van der Waals surface area contributed by atoms with Gasteiger partial charge in [0.1, 0.15) is 6.04 Å². The summed E-state index contributed by atoms with van der Waals surface area (Å²) in [6.07, 6.45) is 1.15. The molecule has 5 heteroatoms. The van der Waals surface area contributed by atoms with Crippen LogP contribution in [0.3, 0.4) is 0 Å². The number of nitrogens with zero attached hydrogens (tertiary/aromatic N) is 1. The molecule has 5 nitrogen and oxygen atoms in total. The second-order valence-corrected chi connectivity index (χ2v) is 3.98. The molecule has 0 saturated carbocycles. The molecule has 0 aliphatic carbocycles. The molecule has 1 aliphatic heterocycles. The van der Waals surface area contributed by atoms with Crippen molar-refractivity contribution in [1.29, 1.82) is 0 Å². The van der Waals surface area contributed by atoms with Crippen LogP contribution < -0.4 is 5.32 Å². The van der Waals surface area contributed by atoms with Crippen LogP contribution in [0.5, 0.6) is 0 Å². The summed E-state index contributed by atoms with van der Waals surface area (Å²) in [5.41, 5.74) is 0. The lowest BCUT2D eigenvalue weighted by molar-refractivity contribution is -0.125. The van der Waals surface area contributed by atoms with Gasteiger partial charge in [0.25, 0.3) is 0 Å². The normalized spacial score (nSPS) is 20.5. The Balaban J connectivity index is 2.60. The third-order valence-corrected chi connectivity index (χ3v) is 2.40. The molecule has 1 saturated heterocycles. The number of likely N-dealkylation sites (tertiary alicyclic amines) is 1. The number of amides is 2. The Labute approximate surface area is 89.8 Å². The second kappa shape index (κ2) is 5.00. The van der Waals surface area contributed by atoms with E-state index in [1.807, 2.05) is 13.8 Å². The van der Waals surface area contributed by atoms with Crippen LogP contribution in [0.4, 0.5) is 4.79 Å². The molecule has 15 heavy (non-hydrogen) atoms. The van der Waals surface area contributed by atoms with Crippen molar-refractivity contribution in [2.24, 2.45) is 0 Å². The fourth-order valence-electron chi connectivity index (χ4n) is 1.76. The van der Waals surface area contributed by atoms with E-state index in [0.29, 0.717) is 13.0 Å². The molecule has 1 aliphatic rings. The first-order valence-corrected chi connectivity index (χ1v) is 5.21. The van der Waals surface area contributed by atoms with Gasteiger partial charge in [0.2, 0.25) is 5.91 Å². The summed E-state index contributed by atoms with van der Waals surface area (Å²) in [6.45, 7) is 4.40. The zero-order chi connectivity index (χ0) is 11.4. The van der Waals surface area contributed by atoms with E-state index in [1.165, 1.54) is 12.0 Å². The highest BCUT2D eigenvalue weighted by Crippen LogP contribution is 2.18. The number of nitrogens with one attached hydrogen (secondary N) is 1. The molecule has 1 fully saturated rings. The Morgan fingerprint density at radius 1 is 1.47 bits per heavy atom. The third kappa shape index (κ3) is 2.84. The summed E-state index contributed by atoms with van der Waals surface area (Å²) < 4.78 is 4.63. The number of hydrogen-bond acceptors (Lipinski definition) is 3. The molecular weight excluding hydrogens is 196 g/mol. The molecule has 1 N–H and O–H groups in total. The predicted octanol–water partition coefficient (Wildman–Crippen LogP) is 0.742. The minimum Gasteiger partial charge on any atom is -0.453 e. The summed E-state index contributed by atoms with van der Waals surface area (Å²) in [4.78, 5) is 24.5. The number of methoxy groups -OCH3 is 1. The second-order valence-electron chi connectivity index (χ2n) is 3.98. The van der Waals surface area contributed by atoms with Gasteiger partial charge in [-0.05, 0) is 26.7 Å². The van der Waals surface area contributed by atoms with Gasteiger partial charge in [0.05, 0.1) is 7.11 Å². The minimum absolute atomic E-state index is 0.0899. The van der Waals surface area contributed by atoms with Crippen molar-refractivity contribution in [1.82, 2.24) is 10.2 Å². The van der Waals surface area contributed by atoms with E-state index in [9.17, 15) is 9.59 Å². The number of hydrogen-bond donors (Lipinski definition) is 1. The van der Waals surface area contributed by atoms with Gasteiger partial charge in [-0.25, -0.2) is 4.79 Å². The van der Waals surface area contributed by atoms with Gasteiger partial charge in [-0.1, -0.05) is 0 Å². The van der Waals surface area contributed by atoms with E-state index in [-0.39, 0.29) is 18.0 Å². The third-order valence-electron chi connectivity index (χ3n) is 2.40. The average molecular weight is 214 g/mol. The van der Waals surface area contributed by atoms with E-state index in [0.717, 1.165) is 6.42 Å². The van der Waals surface area contributed by atoms with Crippen molar-refractivity contribution >= 4 is 12.0 Å². The van der Waals surface area contributed by atoms with Crippen molar-refractivity contribution in [3.63, 3.8) is 0 Å². The molecule has 1 rings (SSSR count). The van der Waals surface area contributed by atoms with E-state index in [4.69, 9.17) is 0 Å². The Morgan fingerprint density at radius 2 is 2.13 bits per heavy atom. The summed E-state index contributed by atoms with van der Waals surface area (Å²) >= 11 is 0. The molecule has 0 aromatic carbocycles. The first-order chi connectivity index (χ1) is 7.06. The van der Waals surface area contributed by atoms with Crippen molar-refractivity contribution in [2.75, 3.05) is 13.7 Å². The highest BCUT2D eigenvalue weighted by molar-refractivity contribution is 5.86. The lowest BCUT2D eigenvalue weighted by Gasteiger charge is -2.23. The van der Waals surface area contributed by atoms with Crippen molar-refractivity contribution < 1.29 is 14.3 Å². The maximum atomic E-state index is 11.7. The van der Waals surface area contributed by atoms with Crippen molar-refractivity contribution in [2.45, 2.75) is 38.8 Å². The Hall–Kier alpha value is -1.26. The van der Waals surface area contributed by atoms with Gasteiger partial charge in [-0.3, -0.25) is 9.69 Å². The van der Waals surface area contributed by atoms with Crippen LogP contribution in [-0.2, 0) is 9.53 Å². The fourth-order valence-corrected chi connectivity index (χ4v) is 1.76. The minimum atomic E-state index is -0.420. The predicted molar refractivity (Wildman–Crippen MR) is 55.4 cm³/mol. The molecule has 1 heterocycles. The highest BCUT2D eigenvalue weighted by Gasteiger charge is 2.34. The molecule has 0 radical (unpaired) electrons. The largest absolute Gasteiger partial charge is 0.453 e. The topological polar surface area (TPSA) is 58.6 Å². The first-order valence-electron chi connectivity index (χ1n) is 5.21. The lowest BCUT2D eigenvalue weighted by Crippen LogP contribution is -2.47. The number of carbonyl (C=O) groups is 2.